The topological polar surface area (TPSA) is 39.2 Å². The van der Waals surface area contributed by atoms with Crippen molar-refractivity contribution in [2.24, 2.45) is 0 Å². The van der Waals surface area contributed by atoms with Gasteiger partial charge in [-0.3, -0.25) is 4.79 Å². The van der Waals surface area contributed by atoms with Gasteiger partial charge in [-0.1, -0.05) is 30.0 Å². The van der Waals surface area contributed by atoms with E-state index in [-0.39, 0.29) is 5.12 Å². The highest BCUT2D eigenvalue weighted by Gasteiger charge is 1.98. The molecule has 0 aliphatic heterocycles. The predicted molar refractivity (Wildman–Crippen MR) is 80.5 cm³/mol. The largest absolute Gasteiger partial charge is 0.481 e. The minimum atomic E-state index is 0.138. The third-order valence-electron chi connectivity index (χ3n) is 2.59. The van der Waals surface area contributed by atoms with Gasteiger partial charge < -0.3 is 4.74 Å². The molecule has 4 heteroatoms. The second-order valence-corrected chi connectivity index (χ2v) is 5.21. The number of rotatable bonds is 4. The van der Waals surface area contributed by atoms with Crippen molar-refractivity contribution in [2.45, 2.75) is 6.92 Å². The van der Waals surface area contributed by atoms with E-state index in [9.17, 15) is 4.79 Å². The molecule has 0 saturated heterocycles. The molecule has 19 heavy (non-hydrogen) atoms. The van der Waals surface area contributed by atoms with Crippen molar-refractivity contribution >= 4 is 33.9 Å². The smallest absolute Gasteiger partial charge is 0.213 e. The van der Waals surface area contributed by atoms with Crippen LogP contribution in [0.3, 0.4) is 0 Å². The molecule has 0 unspecified atom stereocenters. The normalized spacial score (nSPS) is 11.1. The maximum atomic E-state index is 10.8. The Morgan fingerprint density at radius 3 is 2.95 bits per heavy atom. The molecule has 0 fully saturated rings. The van der Waals surface area contributed by atoms with Crippen LogP contribution in [0.25, 0.3) is 17.0 Å². The number of methoxy groups -OCH3 is 1. The number of thioether (sulfide) groups is 1. The van der Waals surface area contributed by atoms with Crippen molar-refractivity contribution in [3.05, 3.63) is 42.0 Å². The molecule has 0 aliphatic carbocycles. The van der Waals surface area contributed by atoms with Gasteiger partial charge in [0.25, 0.3) is 0 Å². The van der Waals surface area contributed by atoms with Gasteiger partial charge in [0.1, 0.15) is 0 Å². The van der Waals surface area contributed by atoms with E-state index in [0.29, 0.717) is 11.6 Å². The van der Waals surface area contributed by atoms with Gasteiger partial charge in [0, 0.05) is 24.1 Å². The molecule has 1 heterocycles. The first kappa shape index (κ1) is 13.6. The number of hydrogen-bond acceptors (Lipinski definition) is 4. The first-order chi connectivity index (χ1) is 9.19. The fourth-order valence-electron chi connectivity index (χ4n) is 1.69. The van der Waals surface area contributed by atoms with Crippen LogP contribution >= 0.6 is 11.8 Å². The Morgan fingerprint density at radius 2 is 2.21 bits per heavy atom. The fourth-order valence-corrected chi connectivity index (χ4v) is 2.12. The van der Waals surface area contributed by atoms with Crippen molar-refractivity contribution in [3.63, 3.8) is 0 Å². The van der Waals surface area contributed by atoms with Gasteiger partial charge in [-0.15, -0.1) is 0 Å². The molecule has 1 aromatic heterocycles. The molecule has 0 N–H and O–H groups in total. The van der Waals surface area contributed by atoms with Crippen LogP contribution in [-0.4, -0.2) is 23.0 Å². The van der Waals surface area contributed by atoms with Gasteiger partial charge in [0.15, 0.2) is 5.12 Å². The summed E-state index contributed by atoms with van der Waals surface area (Å²) in [5, 5.41) is 1.21. The first-order valence-electron chi connectivity index (χ1n) is 5.94. The van der Waals surface area contributed by atoms with Gasteiger partial charge in [0.2, 0.25) is 5.88 Å². The zero-order valence-corrected chi connectivity index (χ0v) is 11.7. The minimum absolute atomic E-state index is 0.138. The third-order valence-corrected chi connectivity index (χ3v) is 3.36. The Labute approximate surface area is 116 Å². The zero-order chi connectivity index (χ0) is 13.7. The van der Waals surface area contributed by atoms with Crippen molar-refractivity contribution in [3.8, 4) is 5.88 Å². The second-order valence-electron chi connectivity index (χ2n) is 4.01. The highest BCUT2D eigenvalue weighted by Crippen LogP contribution is 2.18. The molecule has 2 rings (SSSR count). The molecular weight excluding hydrogens is 258 g/mol. The summed E-state index contributed by atoms with van der Waals surface area (Å²) < 4.78 is 5.09. The molecule has 0 saturated carbocycles. The summed E-state index contributed by atoms with van der Waals surface area (Å²) in [5.41, 5.74) is 2.01. The number of carbonyl (C=O) groups excluding carboxylic acids is 1. The van der Waals surface area contributed by atoms with Crippen LogP contribution < -0.4 is 4.74 Å². The van der Waals surface area contributed by atoms with Crippen LogP contribution in [-0.2, 0) is 4.79 Å². The minimum Gasteiger partial charge on any atom is -0.481 e. The maximum absolute atomic E-state index is 10.8. The Bertz CT molecular complexity index is 623. The van der Waals surface area contributed by atoms with Gasteiger partial charge >= 0.3 is 0 Å². The molecule has 0 amide bonds. The van der Waals surface area contributed by atoms with Crippen LogP contribution in [0.2, 0.25) is 0 Å². The van der Waals surface area contributed by atoms with Gasteiger partial charge in [-0.25, -0.2) is 4.98 Å². The van der Waals surface area contributed by atoms with Crippen molar-refractivity contribution < 1.29 is 9.53 Å². The van der Waals surface area contributed by atoms with E-state index in [4.69, 9.17) is 4.74 Å². The first-order valence-corrected chi connectivity index (χ1v) is 6.92. The number of carbonyl (C=O) groups is 1. The maximum Gasteiger partial charge on any atom is 0.213 e. The lowest BCUT2D eigenvalue weighted by atomic mass is 10.1. The summed E-state index contributed by atoms with van der Waals surface area (Å²) in [6.45, 7) is 1.58. The molecule has 0 atom stereocenters. The summed E-state index contributed by atoms with van der Waals surface area (Å²) in [6.07, 6.45) is 4.00. The second kappa shape index (κ2) is 6.38. The van der Waals surface area contributed by atoms with E-state index in [2.05, 4.69) is 11.1 Å². The van der Waals surface area contributed by atoms with Crippen molar-refractivity contribution in [1.82, 2.24) is 4.98 Å². The van der Waals surface area contributed by atoms with Crippen LogP contribution in [0.1, 0.15) is 12.5 Å². The van der Waals surface area contributed by atoms with E-state index >= 15 is 0 Å². The fraction of sp³-hybridized carbons (Fsp3) is 0.200. The Balaban J connectivity index is 2.15. The van der Waals surface area contributed by atoms with Crippen molar-refractivity contribution in [1.29, 1.82) is 0 Å². The number of fused-ring (bicyclic) bond motifs is 1. The molecule has 0 radical (unpaired) electrons. The third kappa shape index (κ3) is 3.83. The average molecular weight is 273 g/mol. The van der Waals surface area contributed by atoms with E-state index in [1.54, 1.807) is 14.0 Å². The zero-order valence-electron chi connectivity index (χ0n) is 10.9. The van der Waals surface area contributed by atoms with Gasteiger partial charge in [-0.05, 0) is 23.8 Å². The molecule has 2 aromatic rings. The highest BCUT2D eigenvalue weighted by atomic mass is 32.2. The molecular formula is C15H15NO2S. The lowest BCUT2D eigenvalue weighted by Crippen LogP contribution is -1.87. The summed E-state index contributed by atoms with van der Waals surface area (Å²) in [5.74, 6) is 1.32. The summed E-state index contributed by atoms with van der Waals surface area (Å²) >= 11 is 1.30. The SMILES string of the molecule is COc1ccc2cc(C=CCSC(C)=O)ccc2n1. The molecule has 3 nitrogen and oxygen atoms in total. The Morgan fingerprint density at radius 1 is 1.37 bits per heavy atom. The van der Waals surface area contributed by atoms with Crippen LogP contribution in [0.4, 0.5) is 0 Å². The van der Waals surface area contributed by atoms with Gasteiger partial charge in [-0.2, -0.15) is 0 Å². The number of pyridine rings is 1. The number of nitrogens with zero attached hydrogens (tertiary/aromatic N) is 1. The molecule has 1 aromatic carbocycles. The van der Waals surface area contributed by atoms with E-state index in [1.807, 2.05) is 36.4 Å². The Hall–Kier alpha value is -1.81. The van der Waals surface area contributed by atoms with Crippen molar-refractivity contribution in [2.75, 3.05) is 12.9 Å². The van der Waals surface area contributed by atoms with Crippen LogP contribution in [0.15, 0.2) is 36.4 Å². The average Bonchev–Trinajstić information content (AvgIpc) is 2.42. The summed E-state index contributed by atoms with van der Waals surface area (Å²) in [6, 6.07) is 9.88. The number of aromatic nitrogens is 1. The predicted octanol–water partition coefficient (Wildman–Crippen LogP) is 3.54. The lowest BCUT2D eigenvalue weighted by molar-refractivity contribution is -0.109. The lowest BCUT2D eigenvalue weighted by Gasteiger charge is -2.02. The standard InChI is InChI=1S/C15H15NO2S/c1-11(17)19-9-3-4-12-5-7-14-13(10-12)6-8-15(16-14)18-2/h3-8,10H,9H2,1-2H3. The number of ether oxygens (including phenoxy) is 1. The summed E-state index contributed by atoms with van der Waals surface area (Å²) in [4.78, 5) is 15.2. The molecule has 0 spiro atoms. The highest BCUT2D eigenvalue weighted by molar-refractivity contribution is 8.13. The van der Waals surface area contributed by atoms with E-state index in [1.165, 1.54) is 11.8 Å². The number of hydrogen-bond donors (Lipinski definition) is 0. The van der Waals surface area contributed by atoms with Gasteiger partial charge in [0.05, 0.1) is 12.6 Å². The van der Waals surface area contributed by atoms with Crippen LogP contribution in [0, 0.1) is 0 Å². The van der Waals surface area contributed by atoms with Crippen LogP contribution in [0.5, 0.6) is 5.88 Å². The van der Waals surface area contributed by atoms with E-state index in [0.717, 1.165) is 16.5 Å². The molecule has 0 bridgehead atoms. The quantitative estimate of drug-likeness (QED) is 0.854. The molecule has 98 valence electrons. The van der Waals surface area contributed by atoms with E-state index < -0.39 is 0 Å². The number of benzene rings is 1. The monoisotopic (exact) mass is 273 g/mol. The molecule has 0 aliphatic rings. The Kier molecular flexibility index (Phi) is 4.58. The summed E-state index contributed by atoms with van der Waals surface area (Å²) in [7, 11) is 1.61.